The van der Waals surface area contributed by atoms with E-state index in [1.54, 1.807) is 16.4 Å². The summed E-state index contributed by atoms with van der Waals surface area (Å²) in [4.78, 5) is 0.387. The van der Waals surface area contributed by atoms with Crippen molar-refractivity contribution in [2.24, 2.45) is 5.73 Å². The molecule has 0 aromatic heterocycles. The fourth-order valence-corrected chi connectivity index (χ4v) is 4.15. The van der Waals surface area contributed by atoms with Gasteiger partial charge in [0.15, 0.2) is 0 Å². The first-order chi connectivity index (χ1) is 10.4. The van der Waals surface area contributed by atoms with Crippen LogP contribution in [0.15, 0.2) is 23.1 Å². The Bertz CT molecular complexity index is 593. The molecule has 2 rings (SSSR count). The Labute approximate surface area is 133 Å². The van der Waals surface area contributed by atoms with E-state index < -0.39 is 10.0 Å². The van der Waals surface area contributed by atoms with Crippen molar-refractivity contribution in [3.8, 4) is 0 Å². The van der Waals surface area contributed by atoms with Crippen molar-refractivity contribution in [2.45, 2.75) is 44.1 Å². The van der Waals surface area contributed by atoms with E-state index >= 15 is 0 Å². The summed E-state index contributed by atoms with van der Waals surface area (Å²) >= 11 is 0. The molecule has 1 aromatic rings. The number of nitrogens with zero attached hydrogens (tertiary/aromatic N) is 1. The van der Waals surface area contributed by atoms with Gasteiger partial charge in [0.05, 0.1) is 11.0 Å². The summed E-state index contributed by atoms with van der Waals surface area (Å²) in [6, 6.07) is 5.32. The van der Waals surface area contributed by atoms with E-state index in [0.717, 1.165) is 30.4 Å². The van der Waals surface area contributed by atoms with Gasteiger partial charge in [0.2, 0.25) is 10.0 Å². The van der Waals surface area contributed by atoms with Gasteiger partial charge in [-0.25, -0.2) is 8.42 Å². The van der Waals surface area contributed by atoms with Gasteiger partial charge in [0, 0.05) is 19.7 Å². The summed E-state index contributed by atoms with van der Waals surface area (Å²) in [6.07, 6.45) is 2.49. The predicted molar refractivity (Wildman–Crippen MR) is 87.3 cm³/mol. The number of benzene rings is 1. The number of nitrogens with two attached hydrogens (primary N) is 1. The van der Waals surface area contributed by atoms with E-state index in [1.807, 2.05) is 19.9 Å². The van der Waals surface area contributed by atoms with Crippen molar-refractivity contribution in [3.63, 3.8) is 0 Å². The molecule has 0 aliphatic carbocycles. The van der Waals surface area contributed by atoms with Crippen molar-refractivity contribution in [3.05, 3.63) is 29.3 Å². The van der Waals surface area contributed by atoms with E-state index in [1.165, 1.54) is 0 Å². The number of sulfonamides is 1. The second-order valence-electron chi connectivity index (χ2n) is 5.86. The van der Waals surface area contributed by atoms with Crippen LogP contribution in [-0.4, -0.2) is 45.1 Å². The Kier molecular flexibility index (Phi) is 5.97. The van der Waals surface area contributed by atoms with Crippen LogP contribution in [0, 0.1) is 13.8 Å². The molecule has 0 unspecified atom stereocenters. The van der Waals surface area contributed by atoms with Crippen LogP contribution in [0.25, 0.3) is 0 Å². The zero-order chi connectivity index (χ0) is 16.2. The topological polar surface area (TPSA) is 72.6 Å². The third-order valence-electron chi connectivity index (χ3n) is 4.22. The molecule has 2 N–H and O–H groups in total. The van der Waals surface area contributed by atoms with Crippen molar-refractivity contribution in [1.82, 2.24) is 4.31 Å². The van der Waals surface area contributed by atoms with Gasteiger partial charge in [-0.2, -0.15) is 4.31 Å². The largest absolute Gasteiger partial charge is 0.378 e. The first-order valence-corrected chi connectivity index (χ1v) is 9.28. The molecule has 1 saturated heterocycles. The second-order valence-corrected chi connectivity index (χ2v) is 7.80. The van der Waals surface area contributed by atoms with Crippen LogP contribution in [-0.2, 0) is 14.8 Å². The lowest BCUT2D eigenvalue weighted by atomic mass is 10.1. The highest BCUT2D eigenvalue weighted by atomic mass is 32.2. The normalized spacial score (nSPS) is 17.8. The highest BCUT2D eigenvalue weighted by molar-refractivity contribution is 7.89. The van der Waals surface area contributed by atoms with E-state index in [4.69, 9.17) is 10.5 Å². The Morgan fingerprint density at radius 2 is 1.91 bits per heavy atom. The maximum atomic E-state index is 12.7. The molecule has 124 valence electrons. The molecule has 22 heavy (non-hydrogen) atoms. The predicted octanol–water partition coefficient (Wildman–Crippen LogP) is 1.82. The molecule has 6 heteroatoms. The molecule has 1 aliphatic heterocycles. The maximum absolute atomic E-state index is 12.7. The minimum absolute atomic E-state index is 0.151. The van der Waals surface area contributed by atoms with E-state index in [-0.39, 0.29) is 6.10 Å². The van der Waals surface area contributed by atoms with Gasteiger partial charge in [-0.1, -0.05) is 6.07 Å². The van der Waals surface area contributed by atoms with Crippen LogP contribution in [0.2, 0.25) is 0 Å². The number of ether oxygens (including phenoxy) is 1. The summed E-state index contributed by atoms with van der Waals surface area (Å²) in [5.74, 6) is 0. The summed E-state index contributed by atoms with van der Waals surface area (Å²) in [5, 5.41) is 0. The maximum Gasteiger partial charge on any atom is 0.243 e. The van der Waals surface area contributed by atoms with Crippen LogP contribution in [0.3, 0.4) is 0 Å². The minimum Gasteiger partial charge on any atom is -0.378 e. The zero-order valence-electron chi connectivity index (χ0n) is 13.4. The molecule has 0 radical (unpaired) electrons. The van der Waals surface area contributed by atoms with Crippen molar-refractivity contribution in [2.75, 3.05) is 26.2 Å². The smallest absolute Gasteiger partial charge is 0.243 e. The van der Waals surface area contributed by atoms with Gasteiger partial charge in [-0.05, 0) is 62.9 Å². The lowest BCUT2D eigenvalue weighted by Crippen LogP contribution is -2.41. The molecule has 0 atom stereocenters. The van der Waals surface area contributed by atoms with Crippen molar-refractivity contribution >= 4 is 10.0 Å². The second kappa shape index (κ2) is 7.55. The third-order valence-corrected chi connectivity index (χ3v) is 6.11. The third kappa shape index (κ3) is 4.07. The molecule has 1 aromatic carbocycles. The highest BCUT2D eigenvalue weighted by Gasteiger charge is 2.29. The quantitative estimate of drug-likeness (QED) is 0.809. The Balaban J connectivity index is 1.98. The fraction of sp³-hybridized carbons (Fsp3) is 0.625. The summed E-state index contributed by atoms with van der Waals surface area (Å²) < 4.78 is 32.7. The van der Waals surface area contributed by atoms with Crippen molar-refractivity contribution in [1.29, 1.82) is 0 Å². The first-order valence-electron chi connectivity index (χ1n) is 7.84. The van der Waals surface area contributed by atoms with E-state index in [2.05, 4.69) is 0 Å². The van der Waals surface area contributed by atoms with Crippen LogP contribution in [0.4, 0.5) is 0 Å². The standard InChI is InChI=1S/C16H26N2O3S/c1-13-4-5-16(12-14(13)2)22(19,20)18-9-6-15(7-10-18)21-11-3-8-17/h4-5,12,15H,3,6-11,17H2,1-2H3. The average molecular weight is 326 g/mol. The Morgan fingerprint density at radius 1 is 1.23 bits per heavy atom. The zero-order valence-corrected chi connectivity index (χ0v) is 14.2. The lowest BCUT2D eigenvalue weighted by molar-refractivity contribution is 0.0209. The molecule has 0 saturated carbocycles. The number of piperidine rings is 1. The molecular formula is C16H26N2O3S. The minimum atomic E-state index is -3.39. The fourth-order valence-electron chi connectivity index (χ4n) is 2.60. The van der Waals surface area contributed by atoms with Crippen LogP contribution >= 0.6 is 0 Å². The van der Waals surface area contributed by atoms with Crippen LogP contribution < -0.4 is 5.73 Å². The van der Waals surface area contributed by atoms with Gasteiger partial charge in [-0.15, -0.1) is 0 Å². The van der Waals surface area contributed by atoms with E-state index in [0.29, 0.717) is 31.1 Å². The van der Waals surface area contributed by atoms with Gasteiger partial charge in [-0.3, -0.25) is 0 Å². The number of rotatable bonds is 6. The molecule has 0 spiro atoms. The lowest BCUT2D eigenvalue weighted by Gasteiger charge is -2.31. The summed E-state index contributed by atoms with van der Waals surface area (Å²) in [6.45, 7) is 6.23. The Morgan fingerprint density at radius 3 is 2.50 bits per heavy atom. The molecular weight excluding hydrogens is 300 g/mol. The van der Waals surface area contributed by atoms with Crippen LogP contribution in [0.5, 0.6) is 0 Å². The van der Waals surface area contributed by atoms with E-state index in [9.17, 15) is 8.42 Å². The molecule has 0 amide bonds. The monoisotopic (exact) mass is 326 g/mol. The number of hydrogen-bond acceptors (Lipinski definition) is 4. The van der Waals surface area contributed by atoms with Gasteiger partial charge in [0.1, 0.15) is 0 Å². The number of hydrogen-bond donors (Lipinski definition) is 1. The van der Waals surface area contributed by atoms with Crippen molar-refractivity contribution < 1.29 is 13.2 Å². The average Bonchev–Trinajstić information content (AvgIpc) is 2.51. The van der Waals surface area contributed by atoms with Gasteiger partial charge < -0.3 is 10.5 Å². The SMILES string of the molecule is Cc1ccc(S(=O)(=O)N2CCC(OCCCN)CC2)cc1C. The summed E-state index contributed by atoms with van der Waals surface area (Å²) in [7, 11) is -3.39. The number of aryl methyl sites for hydroxylation is 2. The highest BCUT2D eigenvalue weighted by Crippen LogP contribution is 2.23. The van der Waals surface area contributed by atoms with Crippen LogP contribution in [0.1, 0.15) is 30.4 Å². The molecule has 1 aliphatic rings. The van der Waals surface area contributed by atoms with Gasteiger partial charge >= 0.3 is 0 Å². The summed E-state index contributed by atoms with van der Waals surface area (Å²) in [5.41, 5.74) is 7.55. The molecule has 1 fully saturated rings. The van der Waals surface area contributed by atoms with Gasteiger partial charge in [0.25, 0.3) is 0 Å². The first kappa shape index (κ1) is 17.4. The Hall–Kier alpha value is -0.950. The molecule has 1 heterocycles. The molecule has 0 bridgehead atoms. The molecule has 5 nitrogen and oxygen atoms in total.